The van der Waals surface area contributed by atoms with Gasteiger partial charge in [0.15, 0.2) is 0 Å². The summed E-state index contributed by atoms with van der Waals surface area (Å²) in [7, 11) is 0. The van der Waals surface area contributed by atoms with Gasteiger partial charge in [-0.05, 0) is 54.9 Å². The van der Waals surface area contributed by atoms with Crippen molar-refractivity contribution >= 4 is 17.6 Å². The van der Waals surface area contributed by atoms with Crippen molar-refractivity contribution in [2.75, 3.05) is 13.2 Å². The fourth-order valence-electron chi connectivity index (χ4n) is 4.26. The van der Waals surface area contributed by atoms with Gasteiger partial charge in [-0.15, -0.1) is 0 Å². The average molecular weight is 353 g/mol. The van der Waals surface area contributed by atoms with E-state index < -0.39 is 11.5 Å². The fourth-order valence-corrected chi connectivity index (χ4v) is 4.45. The fraction of sp³-hybridized carbons (Fsp3) is 0.611. The highest BCUT2D eigenvalue weighted by Crippen LogP contribution is 2.51. The van der Waals surface area contributed by atoms with Crippen molar-refractivity contribution in [3.05, 3.63) is 34.3 Å². The number of fused-ring (bicyclic) bond motifs is 2. The van der Waals surface area contributed by atoms with Gasteiger partial charge in [-0.1, -0.05) is 24.6 Å². The number of hydrogen-bond acceptors (Lipinski definition) is 4. The van der Waals surface area contributed by atoms with Gasteiger partial charge in [-0.2, -0.15) is 0 Å². The van der Waals surface area contributed by atoms with Crippen LogP contribution in [0.5, 0.6) is 0 Å². The van der Waals surface area contributed by atoms with Crippen LogP contribution < -0.4 is 5.73 Å². The second-order valence-corrected chi connectivity index (χ2v) is 7.90. The third-order valence-electron chi connectivity index (χ3n) is 5.77. The van der Waals surface area contributed by atoms with E-state index >= 15 is 0 Å². The van der Waals surface area contributed by atoms with Gasteiger partial charge < -0.3 is 15.9 Å². The number of hydrogen-bond donors (Lipinski definition) is 3. The van der Waals surface area contributed by atoms with Crippen LogP contribution in [0.1, 0.15) is 43.7 Å². The lowest BCUT2D eigenvalue weighted by atomic mass is 9.69. The van der Waals surface area contributed by atoms with Crippen LogP contribution in [0, 0.1) is 5.92 Å². The van der Waals surface area contributed by atoms with E-state index in [-0.39, 0.29) is 18.1 Å². The summed E-state index contributed by atoms with van der Waals surface area (Å²) in [5.41, 5.74) is 7.21. The summed E-state index contributed by atoms with van der Waals surface area (Å²) in [6.45, 7) is 3.72. The first kappa shape index (κ1) is 17.7. The first-order valence-corrected chi connectivity index (χ1v) is 8.86. The lowest BCUT2D eigenvalue weighted by Gasteiger charge is -2.47. The Kier molecular flexibility index (Phi) is 4.64. The monoisotopic (exact) mass is 352 g/mol. The number of nitrogens with two attached hydrogens (primary N) is 1. The number of halogens is 1. The van der Waals surface area contributed by atoms with E-state index in [0.29, 0.717) is 25.7 Å². The zero-order chi connectivity index (χ0) is 17.5. The third kappa shape index (κ3) is 2.84. The van der Waals surface area contributed by atoms with Crippen LogP contribution in [-0.4, -0.2) is 39.8 Å². The molecule has 24 heavy (non-hydrogen) atoms. The minimum absolute atomic E-state index is 0.139. The van der Waals surface area contributed by atoms with E-state index in [1.165, 1.54) is 11.1 Å². The van der Waals surface area contributed by atoms with Gasteiger partial charge in [0.2, 0.25) is 0 Å². The first-order valence-electron chi connectivity index (χ1n) is 8.48. The Labute approximate surface area is 147 Å². The predicted molar refractivity (Wildman–Crippen MR) is 92.8 cm³/mol. The summed E-state index contributed by atoms with van der Waals surface area (Å²) in [4.78, 5) is 13.9. The van der Waals surface area contributed by atoms with Crippen molar-refractivity contribution < 1.29 is 15.0 Å². The van der Waals surface area contributed by atoms with Crippen LogP contribution >= 0.6 is 11.6 Å². The molecular formula is C18H25ClN2O3. The van der Waals surface area contributed by atoms with Gasteiger partial charge in [0.25, 0.3) is 0 Å². The number of rotatable bonds is 4. The second-order valence-electron chi connectivity index (χ2n) is 7.46. The molecule has 1 fully saturated rings. The predicted octanol–water partition coefficient (Wildman–Crippen LogP) is 2.34. The normalized spacial score (nSPS) is 31.2. The van der Waals surface area contributed by atoms with Gasteiger partial charge in [-0.3, -0.25) is 9.69 Å². The molecule has 5 nitrogen and oxygen atoms in total. The molecular weight excluding hydrogens is 328 g/mol. The Hall–Kier alpha value is -1.14. The van der Waals surface area contributed by atoms with Crippen molar-refractivity contribution in [2.24, 2.45) is 11.7 Å². The Balaban J connectivity index is 1.94. The highest BCUT2D eigenvalue weighted by molar-refractivity contribution is 6.30. The van der Waals surface area contributed by atoms with Gasteiger partial charge >= 0.3 is 5.97 Å². The Morgan fingerprint density at radius 1 is 1.38 bits per heavy atom. The van der Waals surface area contributed by atoms with Crippen LogP contribution in [0.3, 0.4) is 0 Å². The van der Waals surface area contributed by atoms with Crippen LogP contribution in [0.2, 0.25) is 5.02 Å². The van der Waals surface area contributed by atoms with Crippen molar-refractivity contribution in [3.63, 3.8) is 0 Å². The molecule has 1 aliphatic heterocycles. The number of carboxylic acid groups (broad SMARTS) is 1. The molecule has 4 N–H and O–H groups in total. The highest BCUT2D eigenvalue weighted by Gasteiger charge is 2.51. The molecule has 132 valence electrons. The molecule has 2 aliphatic rings. The topological polar surface area (TPSA) is 86.8 Å². The number of aliphatic hydroxyl groups is 1. The highest BCUT2D eigenvalue weighted by atomic mass is 35.5. The van der Waals surface area contributed by atoms with E-state index in [9.17, 15) is 15.0 Å². The molecule has 1 atom stereocenters. The maximum atomic E-state index is 11.5. The average Bonchev–Trinajstić information content (AvgIpc) is 2.83. The number of carboxylic acids is 1. The summed E-state index contributed by atoms with van der Waals surface area (Å²) in [5, 5.41) is 19.6. The van der Waals surface area contributed by atoms with Crippen LogP contribution in [0.4, 0.5) is 0 Å². The molecule has 1 aromatic carbocycles. The maximum Gasteiger partial charge on any atom is 0.323 e. The second kappa shape index (κ2) is 6.30. The number of nitrogens with zero attached hydrogens (tertiary/aromatic N) is 1. The number of aliphatic carboxylic acids is 1. The van der Waals surface area contributed by atoms with Crippen molar-refractivity contribution in [2.45, 2.75) is 50.2 Å². The SMILES string of the molecule is C[C@@H](CO)CN1Cc2cc(Cl)ccc2C12CCC(N)(C(=O)O)CC2. The molecule has 0 aromatic heterocycles. The largest absolute Gasteiger partial charge is 0.480 e. The molecule has 0 saturated heterocycles. The number of carbonyl (C=O) groups is 1. The summed E-state index contributed by atoms with van der Waals surface area (Å²) < 4.78 is 0. The molecule has 0 unspecified atom stereocenters. The van der Waals surface area contributed by atoms with E-state index in [4.69, 9.17) is 17.3 Å². The molecule has 0 bridgehead atoms. The standard InChI is InChI=1S/C18H25ClN2O3/c1-12(11-22)9-21-10-13-8-14(19)2-3-15(13)18(21)6-4-17(20,5-7-18)16(23)24/h2-3,8,12,22H,4-7,9-11,20H2,1H3,(H,23,24)/t12-,17?,18?/m1/s1. The molecule has 1 aliphatic carbocycles. The first-order chi connectivity index (χ1) is 11.3. The molecule has 1 spiro atoms. The molecule has 1 aromatic rings. The Morgan fingerprint density at radius 3 is 2.62 bits per heavy atom. The van der Waals surface area contributed by atoms with Crippen molar-refractivity contribution in [1.29, 1.82) is 0 Å². The van der Waals surface area contributed by atoms with E-state index in [2.05, 4.69) is 11.0 Å². The maximum absolute atomic E-state index is 11.5. The van der Waals surface area contributed by atoms with Gasteiger partial charge in [0.05, 0.1) is 0 Å². The molecule has 1 heterocycles. The third-order valence-corrected chi connectivity index (χ3v) is 6.01. The Morgan fingerprint density at radius 2 is 2.04 bits per heavy atom. The van der Waals surface area contributed by atoms with Crippen LogP contribution in [0.25, 0.3) is 0 Å². The summed E-state index contributed by atoms with van der Waals surface area (Å²) in [6, 6.07) is 5.98. The smallest absolute Gasteiger partial charge is 0.323 e. The molecule has 0 amide bonds. The minimum Gasteiger partial charge on any atom is -0.480 e. The Bertz CT molecular complexity index is 641. The van der Waals surface area contributed by atoms with Gasteiger partial charge in [-0.25, -0.2) is 0 Å². The molecule has 0 radical (unpaired) electrons. The van der Waals surface area contributed by atoms with Crippen LogP contribution in [0.15, 0.2) is 18.2 Å². The van der Waals surface area contributed by atoms with Crippen molar-refractivity contribution in [3.8, 4) is 0 Å². The summed E-state index contributed by atoms with van der Waals surface area (Å²) >= 11 is 6.16. The molecule has 6 heteroatoms. The number of benzene rings is 1. The zero-order valence-corrected chi connectivity index (χ0v) is 14.7. The number of aliphatic hydroxyl groups excluding tert-OH is 1. The molecule has 3 rings (SSSR count). The van der Waals surface area contributed by atoms with Gasteiger partial charge in [0.1, 0.15) is 5.54 Å². The quantitative estimate of drug-likeness (QED) is 0.774. The van der Waals surface area contributed by atoms with Crippen molar-refractivity contribution in [1.82, 2.24) is 4.90 Å². The van der Waals surface area contributed by atoms with E-state index in [0.717, 1.165) is 18.1 Å². The van der Waals surface area contributed by atoms with Gasteiger partial charge in [0, 0.05) is 30.3 Å². The van der Waals surface area contributed by atoms with Crippen LogP contribution in [-0.2, 0) is 16.9 Å². The van der Waals surface area contributed by atoms with E-state index in [1.54, 1.807) is 0 Å². The zero-order valence-electron chi connectivity index (χ0n) is 14.0. The molecule has 1 saturated carbocycles. The lowest BCUT2D eigenvalue weighted by molar-refractivity contribution is -0.146. The summed E-state index contributed by atoms with van der Waals surface area (Å²) in [5.74, 6) is -0.752. The lowest BCUT2D eigenvalue weighted by Crippen LogP contribution is -2.56. The van der Waals surface area contributed by atoms with E-state index in [1.807, 2.05) is 19.1 Å². The summed E-state index contributed by atoms with van der Waals surface area (Å²) in [6.07, 6.45) is 2.33. The minimum atomic E-state index is -1.13.